The minimum atomic E-state index is 0.197. The van der Waals surface area contributed by atoms with E-state index >= 15 is 0 Å². The molecule has 12 aromatic carbocycles. The van der Waals surface area contributed by atoms with Crippen LogP contribution in [-0.2, 0) is 0 Å². The molecule has 0 N–H and O–H groups in total. The van der Waals surface area contributed by atoms with Crippen LogP contribution in [0.2, 0.25) is 0 Å². The zero-order chi connectivity index (χ0) is 54.3. The van der Waals surface area contributed by atoms with Crippen LogP contribution in [0, 0.1) is 17.9 Å². The molecule has 382 valence electrons. The van der Waals surface area contributed by atoms with E-state index in [0.717, 1.165) is 163 Å². The molecule has 0 spiro atoms. The fourth-order valence-electron chi connectivity index (χ4n) is 14.3. The van der Waals surface area contributed by atoms with E-state index in [4.69, 9.17) is 18.1 Å². The number of furan rings is 3. The molecule has 0 saturated heterocycles. The van der Waals surface area contributed by atoms with Gasteiger partial charge < -0.3 is 27.0 Å². The molecular formula is C74H37N5O3S. The highest BCUT2D eigenvalue weighted by molar-refractivity contribution is 7.26. The average molecular weight is 1080 g/mol. The van der Waals surface area contributed by atoms with Crippen molar-refractivity contribution in [3.8, 4) is 34.3 Å². The van der Waals surface area contributed by atoms with Crippen LogP contribution < -0.4 is 0 Å². The number of hydrogen-bond acceptors (Lipinski definition) is 5. The van der Waals surface area contributed by atoms with Gasteiger partial charge in [-0.2, -0.15) is 5.26 Å². The van der Waals surface area contributed by atoms with Gasteiger partial charge in [-0.25, -0.2) is 4.85 Å². The van der Waals surface area contributed by atoms with E-state index in [0.29, 0.717) is 17.0 Å². The molecule has 19 aromatic rings. The molecule has 0 radical (unpaired) electrons. The number of fused-ring (bicyclic) bond motifs is 24. The molecule has 0 atom stereocenters. The van der Waals surface area contributed by atoms with E-state index in [1.807, 2.05) is 36.4 Å². The van der Waals surface area contributed by atoms with Gasteiger partial charge >= 0.3 is 0 Å². The van der Waals surface area contributed by atoms with Crippen LogP contribution in [0.4, 0.5) is 5.69 Å². The van der Waals surface area contributed by atoms with Crippen LogP contribution in [0.5, 0.6) is 0 Å². The van der Waals surface area contributed by atoms with Gasteiger partial charge in [-0.05, 0) is 78.9 Å². The van der Waals surface area contributed by atoms with Crippen molar-refractivity contribution in [2.75, 3.05) is 0 Å². The summed E-state index contributed by atoms with van der Waals surface area (Å²) in [7, 11) is 0. The molecule has 0 bridgehead atoms. The molecule has 0 aliphatic carbocycles. The van der Waals surface area contributed by atoms with Crippen molar-refractivity contribution in [2.24, 2.45) is 0 Å². The molecule has 8 nitrogen and oxygen atoms in total. The number of rotatable bonds is 4. The van der Waals surface area contributed by atoms with E-state index in [9.17, 15) is 11.8 Å². The maximum absolute atomic E-state index is 12.7. The van der Waals surface area contributed by atoms with E-state index < -0.39 is 0 Å². The van der Waals surface area contributed by atoms with Crippen molar-refractivity contribution in [3.63, 3.8) is 0 Å². The van der Waals surface area contributed by atoms with E-state index in [1.54, 1.807) is 11.3 Å². The molecule has 7 heterocycles. The lowest BCUT2D eigenvalue weighted by atomic mass is 9.92. The second kappa shape index (κ2) is 16.2. The van der Waals surface area contributed by atoms with Crippen LogP contribution in [0.3, 0.4) is 0 Å². The zero-order valence-electron chi connectivity index (χ0n) is 43.7. The summed E-state index contributed by atoms with van der Waals surface area (Å²) in [5, 5.41) is 26.5. The maximum Gasteiger partial charge on any atom is 0.232 e. The number of nitrogens with zero attached hydrogens (tertiary/aromatic N) is 5. The molecule has 19 rings (SSSR count). The summed E-state index contributed by atoms with van der Waals surface area (Å²) in [5.74, 6) is 0. The minimum absolute atomic E-state index is 0.197. The molecule has 0 amide bonds. The monoisotopic (exact) mass is 1080 g/mol. The van der Waals surface area contributed by atoms with Gasteiger partial charge in [0.15, 0.2) is 0 Å². The van der Waals surface area contributed by atoms with Crippen molar-refractivity contribution in [2.45, 2.75) is 0 Å². The molecule has 0 fully saturated rings. The fraction of sp³-hybridized carbons (Fsp3) is 0. The van der Waals surface area contributed by atoms with Gasteiger partial charge in [-0.15, -0.1) is 11.3 Å². The lowest BCUT2D eigenvalue weighted by Gasteiger charge is -2.27. The van der Waals surface area contributed by atoms with Crippen molar-refractivity contribution >= 4 is 168 Å². The first-order valence-electron chi connectivity index (χ1n) is 27.6. The van der Waals surface area contributed by atoms with Gasteiger partial charge in [-0.3, -0.25) is 0 Å². The number of para-hydroxylation sites is 6. The smallest absolute Gasteiger partial charge is 0.232 e. The van der Waals surface area contributed by atoms with Crippen molar-refractivity contribution in [1.82, 2.24) is 13.7 Å². The molecule has 0 aliphatic heterocycles. The molecule has 7 aromatic heterocycles. The fourth-order valence-corrected chi connectivity index (χ4v) is 15.5. The highest BCUT2D eigenvalue weighted by atomic mass is 32.1. The van der Waals surface area contributed by atoms with Gasteiger partial charge in [0.25, 0.3) is 0 Å². The Kier molecular flexibility index (Phi) is 8.66. The van der Waals surface area contributed by atoms with Crippen molar-refractivity contribution < 1.29 is 13.3 Å². The molecule has 83 heavy (non-hydrogen) atoms. The lowest BCUT2D eigenvalue weighted by molar-refractivity contribution is 0.669. The summed E-state index contributed by atoms with van der Waals surface area (Å²) in [6, 6.07) is 80.9. The number of aromatic nitrogens is 3. The zero-order valence-corrected chi connectivity index (χ0v) is 44.5. The first kappa shape index (κ1) is 44.5. The summed E-state index contributed by atoms with van der Waals surface area (Å²) in [6.07, 6.45) is 0. The van der Waals surface area contributed by atoms with Gasteiger partial charge in [0.2, 0.25) is 5.69 Å². The van der Waals surface area contributed by atoms with Crippen LogP contribution in [0.1, 0.15) is 5.56 Å². The number of benzene rings is 12. The third kappa shape index (κ3) is 5.65. The minimum Gasteiger partial charge on any atom is -0.456 e. The second-order valence-electron chi connectivity index (χ2n) is 21.5. The van der Waals surface area contributed by atoms with Gasteiger partial charge in [0, 0.05) is 79.8 Å². The second-order valence-corrected chi connectivity index (χ2v) is 22.6. The Hall–Kier alpha value is -11.4. The first-order chi connectivity index (χ1) is 41.1. The summed E-state index contributed by atoms with van der Waals surface area (Å²) >= 11 is 1.75. The Bertz CT molecular complexity index is 6240. The van der Waals surface area contributed by atoms with Crippen LogP contribution >= 0.6 is 11.3 Å². The summed E-state index contributed by atoms with van der Waals surface area (Å²) in [4.78, 5) is 4.76. The third-order valence-electron chi connectivity index (χ3n) is 17.5. The lowest BCUT2D eigenvalue weighted by Crippen LogP contribution is -2.12. The van der Waals surface area contributed by atoms with E-state index in [-0.39, 0.29) is 11.3 Å². The van der Waals surface area contributed by atoms with Crippen molar-refractivity contribution in [1.29, 1.82) is 5.26 Å². The van der Waals surface area contributed by atoms with Gasteiger partial charge in [-0.1, -0.05) is 146 Å². The van der Waals surface area contributed by atoms with Crippen LogP contribution in [0.15, 0.2) is 238 Å². The largest absolute Gasteiger partial charge is 0.456 e. The Balaban J connectivity index is 1.17. The number of thiophene rings is 1. The predicted octanol–water partition coefficient (Wildman–Crippen LogP) is 21.1. The molecule has 0 saturated carbocycles. The number of nitriles is 1. The molecule has 0 unspecified atom stereocenters. The third-order valence-corrected chi connectivity index (χ3v) is 18.7. The Labute approximate surface area is 473 Å². The molecule has 9 heteroatoms. The summed E-state index contributed by atoms with van der Waals surface area (Å²) < 4.78 is 29.6. The van der Waals surface area contributed by atoms with Crippen LogP contribution in [0.25, 0.3) is 184 Å². The van der Waals surface area contributed by atoms with E-state index in [2.05, 4.69) is 208 Å². The highest BCUT2D eigenvalue weighted by Gasteiger charge is 2.36. The van der Waals surface area contributed by atoms with Crippen molar-refractivity contribution in [3.05, 3.63) is 241 Å². The topological polar surface area (TPSA) is 82.4 Å². The van der Waals surface area contributed by atoms with E-state index in [1.165, 1.54) is 0 Å². The van der Waals surface area contributed by atoms with Gasteiger partial charge in [0.1, 0.15) is 33.5 Å². The number of hydrogen-bond donors (Lipinski definition) is 0. The predicted molar refractivity (Wildman–Crippen MR) is 341 cm³/mol. The molecule has 0 aliphatic rings. The highest BCUT2D eigenvalue weighted by Crippen LogP contribution is 2.56. The Morgan fingerprint density at radius 1 is 0.361 bits per heavy atom. The van der Waals surface area contributed by atoms with Crippen LogP contribution in [-0.4, -0.2) is 13.7 Å². The summed E-state index contributed by atoms with van der Waals surface area (Å²) in [6.45, 7) is 9.91. The average Bonchev–Trinajstić information content (AvgIpc) is 2.18. The maximum atomic E-state index is 12.7. The standard InChI is InChI=1S/C74H37N5O3S/c1-76-67-52(39-75)71(77-53-26-9-2-17-40(53)44-33-36-59-63(68(44)77)48-21-5-12-29-56(48)80-59)66(51-25-16-24-47-43-20-8-15-32-62(43)83-74(47)51)72(78-54-27-10-3-18-41(54)45-34-37-60-64(69(45)78)49-22-6-13-30-57(49)81-60)73(67)79-55-28-11-4-19-42(55)46-35-38-61-65(70(46)79)50-23-7-14-31-58(50)82-61/h2-38H. The SMILES string of the molecule is [C-]#[N+]c1c(C#N)c(-n2c3ccccc3c3ccc4oc5ccccc5c4c32)c(-c2cccc3c2sc2ccccc23)c(-n2c3ccccc3c3ccc4oc5ccccc5c4c32)c1-n1c2ccccc2c2ccc3oc4ccccc4c3c21. The molecular weight excluding hydrogens is 1040 g/mol. The summed E-state index contributed by atoms with van der Waals surface area (Å²) in [5.41, 5.74) is 13.7. The Morgan fingerprint density at radius 2 is 0.759 bits per heavy atom. The first-order valence-corrected chi connectivity index (χ1v) is 28.4. The Morgan fingerprint density at radius 3 is 1.23 bits per heavy atom. The normalized spacial score (nSPS) is 12.3. The quantitative estimate of drug-likeness (QED) is 0.164. The van der Waals surface area contributed by atoms with Gasteiger partial charge in [0.05, 0.1) is 84.5 Å².